The second kappa shape index (κ2) is 4.98. The Hall–Kier alpha value is -2.19. The van der Waals surface area contributed by atoms with Gasteiger partial charge in [-0.3, -0.25) is 0 Å². The summed E-state index contributed by atoms with van der Waals surface area (Å²) >= 11 is 1.24. The first-order chi connectivity index (χ1) is 8.60. The van der Waals surface area contributed by atoms with Gasteiger partial charge in [-0.25, -0.2) is 4.79 Å². The molecule has 0 spiro atoms. The third kappa shape index (κ3) is 2.55. The SMILES string of the molecule is Cc1ccc(C#N)c(Sc2ccc(C(=O)O)o2)c1. The van der Waals surface area contributed by atoms with Crippen molar-refractivity contribution in [2.24, 2.45) is 0 Å². The van der Waals surface area contributed by atoms with Gasteiger partial charge in [0.25, 0.3) is 0 Å². The zero-order chi connectivity index (χ0) is 13.1. The molecule has 0 amide bonds. The van der Waals surface area contributed by atoms with Crippen molar-refractivity contribution >= 4 is 17.7 Å². The Morgan fingerprint density at radius 3 is 2.78 bits per heavy atom. The molecule has 90 valence electrons. The van der Waals surface area contributed by atoms with Crippen LogP contribution >= 0.6 is 11.8 Å². The van der Waals surface area contributed by atoms with Crippen molar-refractivity contribution in [1.82, 2.24) is 0 Å². The van der Waals surface area contributed by atoms with Crippen LogP contribution < -0.4 is 0 Å². The molecule has 0 saturated heterocycles. The minimum absolute atomic E-state index is 0.108. The zero-order valence-electron chi connectivity index (χ0n) is 9.51. The highest BCUT2D eigenvalue weighted by Gasteiger charge is 2.11. The van der Waals surface area contributed by atoms with Gasteiger partial charge in [0.05, 0.1) is 5.56 Å². The molecule has 0 saturated carbocycles. The van der Waals surface area contributed by atoms with Gasteiger partial charge in [0.1, 0.15) is 6.07 Å². The van der Waals surface area contributed by atoms with Crippen molar-refractivity contribution in [2.45, 2.75) is 16.9 Å². The third-order valence-corrected chi connectivity index (χ3v) is 3.24. The lowest BCUT2D eigenvalue weighted by Gasteiger charge is -2.02. The fourth-order valence-corrected chi connectivity index (χ4v) is 2.36. The fraction of sp³-hybridized carbons (Fsp3) is 0.0769. The summed E-state index contributed by atoms with van der Waals surface area (Å²) in [6.07, 6.45) is 0. The second-order valence-corrected chi connectivity index (χ2v) is 4.68. The molecule has 1 aromatic heterocycles. The van der Waals surface area contributed by atoms with Gasteiger partial charge in [-0.1, -0.05) is 17.8 Å². The van der Waals surface area contributed by atoms with Gasteiger partial charge < -0.3 is 9.52 Å². The number of aromatic carboxylic acids is 1. The van der Waals surface area contributed by atoms with Gasteiger partial charge in [0.15, 0.2) is 5.09 Å². The van der Waals surface area contributed by atoms with Crippen molar-refractivity contribution in [3.63, 3.8) is 0 Å². The summed E-state index contributed by atoms with van der Waals surface area (Å²) in [7, 11) is 0. The lowest BCUT2D eigenvalue weighted by Crippen LogP contribution is -1.91. The van der Waals surface area contributed by atoms with E-state index >= 15 is 0 Å². The molecule has 0 aliphatic heterocycles. The predicted molar refractivity (Wildman–Crippen MR) is 65.7 cm³/mol. The number of hydrogen-bond donors (Lipinski definition) is 1. The van der Waals surface area contributed by atoms with Gasteiger partial charge in [0.2, 0.25) is 5.76 Å². The molecule has 5 heteroatoms. The normalized spacial score (nSPS) is 10.0. The summed E-state index contributed by atoms with van der Waals surface area (Å²) < 4.78 is 5.14. The van der Waals surface area contributed by atoms with Crippen LogP contribution in [0.25, 0.3) is 0 Å². The molecule has 0 aliphatic carbocycles. The summed E-state index contributed by atoms with van der Waals surface area (Å²) in [5.41, 5.74) is 1.57. The summed E-state index contributed by atoms with van der Waals surface area (Å²) in [6.45, 7) is 1.93. The number of rotatable bonds is 3. The Kier molecular flexibility index (Phi) is 3.40. The summed E-state index contributed by atoms with van der Waals surface area (Å²) in [5.74, 6) is -1.21. The maximum Gasteiger partial charge on any atom is 0.371 e. The van der Waals surface area contributed by atoms with Gasteiger partial charge >= 0.3 is 5.97 Å². The van der Waals surface area contributed by atoms with Crippen molar-refractivity contribution < 1.29 is 14.3 Å². The van der Waals surface area contributed by atoms with Crippen LogP contribution in [0.1, 0.15) is 21.7 Å². The Balaban J connectivity index is 2.30. The first-order valence-corrected chi connectivity index (χ1v) is 5.93. The van der Waals surface area contributed by atoms with Crippen LogP contribution in [-0.2, 0) is 0 Å². The van der Waals surface area contributed by atoms with E-state index in [2.05, 4.69) is 6.07 Å². The van der Waals surface area contributed by atoms with E-state index in [4.69, 9.17) is 14.8 Å². The van der Waals surface area contributed by atoms with E-state index in [1.165, 1.54) is 17.8 Å². The topological polar surface area (TPSA) is 74.2 Å². The maximum absolute atomic E-state index is 10.7. The number of carboxylic acids is 1. The second-order valence-electron chi connectivity index (χ2n) is 3.64. The van der Waals surface area contributed by atoms with Crippen LogP contribution in [0, 0.1) is 18.3 Å². The molecule has 0 radical (unpaired) electrons. The fourth-order valence-electron chi connectivity index (χ4n) is 1.40. The Morgan fingerprint density at radius 1 is 1.39 bits per heavy atom. The van der Waals surface area contributed by atoms with Crippen LogP contribution in [0.4, 0.5) is 0 Å². The predicted octanol–water partition coefficient (Wildman–Crippen LogP) is 3.31. The molecule has 18 heavy (non-hydrogen) atoms. The van der Waals surface area contributed by atoms with Gasteiger partial charge in [0, 0.05) is 4.90 Å². The van der Waals surface area contributed by atoms with E-state index < -0.39 is 5.97 Å². The highest BCUT2D eigenvalue weighted by atomic mass is 32.2. The molecular weight excluding hydrogens is 250 g/mol. The Bertz CT molecular complexity index is 640. The van der Waals surface area contributed by atoms with Crippen molar-refractivity contribution in [3.05, 3.63) is 47.2 Å². The zero-order valence-corrected chi connectivity index (χ0v) is 10.3. The molecular formula is C13H9NO3S. The van der Waals surface area contributed by atoms with Crippen LogP contribution in [0.2, 0.25) is 0 Å². The van der Waals surface area contributed by atoms with Gasteiger partial charge in [-0.05, 0) is 36.8 Å². The van der Waals surface area contributed by atoms with Crippen LogP contribution in [0.5, 0.6) is 0 Å². The molecule has 0 unspecified atom stereocenters. The molecule has 1 aromatic carbocycles. The Morgan fingerprint density at radius 2 is 2.17 bits per heavy atom. The molecule has 2 rings (SSSR count). The number of carbonyl (C=O) groups is 1. The molecule has 0 fully saturated rings. The summed E-state index contributed by atoms with van der Waals surface area (Å²) in [6, 6.07) is 10.5. The molecule has 1 N–H and O–H groups in total. The van der Waals surface area contributed by atoms with Crippen molar-refractivity contribution in [3.8, 4) is 6.07 Å². The number of benzene rings is 1. The molecule has 0 atom stereocenters. The number of nitriles is 1. The van der Waals surface area contributed by atoms with E-state index in [0.717, 1.165) is 10.5 Å². The highest BCUT2D eigenvalue weighted by molar-refractivity contribution is 7.99. The molecule has 4 nitrogen and oxygen atoms in total. The number of furan rings is 1. The van der Waals surface area contributed by atoms with E-state index in [9.17, 15) is 4.79 Å². The molecule has 2 aromatic rings. The minimum atomic E-state index is -1.11. The summed E-state index contributed by atoms with van der Waals surface area (Å²) in [5, 5.41) is 18.2. The number of carboxylic acid groups (broad SMARTS) is 1. The van der Waals surface area contributed by atoms with Crippen molar-refractivity contribution in [2.75, 3.05) is 0 Å². The number of nitrogens with zero attached hydrogens (tertiary/aromatic N) is 1. The number of hydrogen-bond acceptors (Lipinski definition) is 4. The van der Waals surface area contributed by atoms with Gasteiger partial charge in [-0.2, -0.15) is 5.26 Å². The maximum atomic E-state index is 10.7. The van der Waals surface area contributed by atoms with Gasteiger partial charge in [-0.15, -0.1) is 0 Å². The highest BCUT2D eigenvalue weighted by Crippen LogP contribution is 2.32. The minimum Gasteiger partial charge on any atom is -0.475 e. The lowest BCUT2D eigenvalue weighted by molar-refractivity contribution is 0.0656. The van der Waals surface area contributed by atoms with E-state index in [1.807, 2.05) is 19.1 Å². The smallest absolute Gasteiger partial charge is 0.371 e. The first kappa shape index (κ1) is 12.3. The lowest BCUT2D eigenvalue weighted by atomic mass is 10.2. The van der Waals surface area contributed by atoms with Crippen molar-refractivity contribution in [1.29, 1.82) is 5.26 Å². The van der Waals surface area contributed by atoms with E-state index in [0.29, 0.717) is 10.7 Å². The first-order valence-electron chi connectivity index (χ1n) is 5.12. The molecule has 0 bridgehead atoms. The van der Waals surface area contributed by atoms with E-state index in [-0.39, 0.29) is 5.76 Å². The van der Waals surface area contributed by atoms with Crippen LogP contribution in [0.15, 0.2) is 44.7 Å². The van der Waals surface area contributed by atoms with E-state index in [1.54, 1.807) is 12.1 Å². The van der Waals surface area contributed by atoms with Crippen LogP contribution in [0.3, 0.4) is 0 Å². The Labute approximate surface area is 108 Å². The molecule has 0 aliphatic rings. The monoisotopic (exact) mass is 259 g/mol. The standard InChI is InChI=1S/C13H9NO3S/c1-8-2-3-9(7-14)11(6-8)18-12-5-4-10(17-12)13(15)16/h2-6H,1H3,(H,15,16). The third-order valence-electron chi connectivity index (χ3n) is 2.26. The molecule has 1 heterocycles. The van der Waals surface area contributed by atoms with Crippen LogP contribution in [-0.4, -0.2) is 11.1 Å². The average molecular weight is 259 g/mol. The quantitative estimate of drug-likeness (QED) is 0.915. The largest absolute Gasteiger partial charge is 0.475 e. The number of aryl methyl sites for hydroxylation is 1. The summed E-state index contributed by atoms with van der Waals surface area (Å²) in [4.78, 5) is 11.4. The average Bonchev–Trinajstić information content (AvgIpc) is 2.78.